The first-order valence-electron chi connectivity index (χ1n) is 6.81. The molecule has 98 valence electrons. The third kappa shape index (κ3) is 3.54. The van der Waals surface area contributed by atoms with Crippen LogP contribution in [0.25, 0.3) is 0 Å². The topological polar surface area (TPSA) is 43.7 Å². The molecule has 0 aliphatic heterocycles. The number of allylic oxidation sites excluding steroid dienone is 2. The van der Waals surface area contributed by atoms with Crippen LogP contribution in [-0.2, 0) is 0 Å². The van der Waals surface area contributed by atoms with E-state index in [-0.39, 0.29) is 12.2 Å². The van der Waals surface area contributed by atoms with Crippen LogP contribution in [0.5, 0.6) is 0 Å². The lowest BCUT2D eigenvalue weighted by Crippen LogP contribution is -2.40. The Labute approximate surface area is 104 Å². The average Bonchev–Trinajstić information content (AvgIpc) is 2.76. The zero-order valence-electron chi connectivity index (χ0n) is 10.9. The lowest BCUT2D eigenvalue weighted by Gasteiger charge is -2.30. The number of hydrogen-bond acceptors (Lipinski definition) is 3. The van der Waals surface area contributed by atoms with Gasteiger partial charge in [0, 0.05) is 19.6 Å². The highest BCUT2D eigenvalue weighted by molar-refractivity contribution is 5.10. The third-order valence-corrected chi connectivity index (χ3v) is 3.95. The smallest absolute Gasteiger partial charge is 0.0639 e. The normalized spacial score (nSPS) is 34.5. The first kappa shape index (κ1) is 13.1. The van der Waals surface area contributed by atoms with E-state index in [1.54, 1.807) is 0 Å². The van der Waals surface area contributed by atoms with Crippen molar-refractivity contribution in [3.05, 3.63) is 12.2 Å². The summed E-state index contributed by atoms with van der Waals surface area (Å²) >= 11 is 0. The summed E-state index contributed by atoms with van der Waals surface area (Å²) in [6.45, 7) is 5.98. The van der Waals surface area contributed by atoms with Crippen LogP contribution in [0.15, 0.2) is 12.2 Å². The van der Waals surface area contributed by atoms with Crippen LogP contribution in [0.1, 0.15) is 26.7 Å². The summed E-state index contributed by atoms with van der Waals surface area (Å²) in [5.41, 5.74) is 0. The Bertz CT molecular complexity index is 265. The highest BCUT2D eigenvalue weighted by atomic mass is 16.3. The molecule has 3 heteroatoms. The number of fused-ring (bicyclic) bond motifs is 2. The van der Waals surface area contributed by atoms with Gasteiger partial charge in [0.2, 0.25) is 0 Å². The second-order valence-electron chi connectivity index (χ2n) is 5.96. The quantitative estimate of drug-likeness (QED) is 0.686. The van der Waals surface area contributed by atoms with Gasteiger partial charge in [0.15, 0.2) is 0 Å². The second kappa shape index (κ2) is 5.51. The van der Waals surface area contributed by atoms with Crippen LogP contribution in [0.4, 0.5) is 0 Å². The van der Waals surface area contributed by atoms with E-state index >= 15 is 0 Å². The van der Waals surface area contributed by atoms with E-state index in [4.69, 9.17) is 0 Å². The highest BCUT2D eigenvalue weighted by Gasteiger charge is 2.36. The van der Waals surface area contributed by atoms with E-state index in [2.05, 4.69) is 17.1 Å². The lowest BCUT2D eigenvalue weighted by molar-refractivity contribution is 0.0710. The zero-order valence-corrected chi connectivity index (χ0v) is 10.9. The maximum Gasteiger partial charge on any atom is 0.0639 e. The van der Waals surface area contributed by atoms with Crippen LogP contribution in [0, 0.1) is 17.8 Å². The Kier molecular flexibility index (Phi) is 4.23. The van der Waals surface area contributed by atoms with E-state index in [1.165, 1.54) is 12.8 Å². The van der Waals surface area contributed by atoms with Gasteiger partial charge in [-0.05, 0) is 44.4 Å². The molecule has 1 saturated carbocycles. The van der Waals surface area contributed by atoms with E-state index in [0.717, 1.165) is 24.3 Å². The Hall–Kier alpha value is -0.380. The van der Waals surface area contributed by atoms with Gasteiger partial charge in [0.25, 0.3) is 0 Å². The monoisotopic (exact) mass is 239 g/mol. The maximum atomic E-state index is 9.50. The van der Waals surface area contributed by atoms with Gasteiger partial charge in [0.05, 0.1) is 12.2 Å². The molecule has 2 aliphatic carbocycles. The van der Waals surface area contributed by atoms with Gasteiger partial charge in [-0.25, -0.2) is 0 Å². The Balaban J connectivity index is 1.86. The fraction of sp³-hybridized carbons (Fsp3) is 0.857. The largest absolute Gasteiger partial charge is 0.392 e. The molecule has 0 spiro atoms. The molecule has 2 aliphatic rings. The van der Waals surface area contributed by atoms with Crippen molar-refractivity contribution in [1.82, 2.24) is 4.90 Å². The SMILES string of the molecule is C[C@H](O)CN(C[C@H]1C[C@@H]2C=C[C@H]1C2)C[C@@H](C)O. The molecule has 0 aromatic carbocycles. The van der Waals surface area contributed by atoms with E-state index in [0.29, 0.717) is 13.1 Å². The summed E-state index contributed by atoms with van der Waals surface area (Å²) in [6.07, 6.45) is 6.70. The second-order valence-corrected chi connectivity index (χ2v) is 5.96. The molecule has 0 unspecified atom stereocenters. The van der Waals surface area contributed by atoms with Gasteiger partial charge in [0.1, 0.15) is 0 Å². The van der Waals surface area contributed by atoms with Crippen LogP contribution in [0.3, 0.4) is 0 Å². The molecule has 0 aromatic heterocycles. The molecular formula is C14H25NO2. The fourth-order valence-electron chi connectivity index (χ4n) is 3.41. The Morgan fingerprint density at radius 2 is 1.76 bits per heavy atom. The molecule has 2 N–H and O–H groups in total. The van der Waals surface area contributed by atoms with Gasteiger partial charge >= 0.3 is 0 Å². The van der Waals surface area contributed by atoms with Crippen LogP contribution < -0.4 is 0 Å². The molecule has 0 heterocycles. The molecule has 0 amide bonds. The van der Waals surface area contributed by atoms with Crippen LogP contribution >= 0.6 is 0 Å². The molecule has 17 heavy (non-hydrogen) atoms. The van der Waals surface area contributed by atoms with Crippen molar-refractivity contribution in [1.29, 1.82) is 0 Å². The molecule has 2 bridgehead atoms. The molecule has 0 aromatic rings. The van der Waals surface area contributed by atoms with Gasteiger partial charge in [-0.3, -0.25) is 4.90 Å². The van der Waals surface area contributed by atoms with Gasteiger partial charge in [-0.1, -0.05) is 12.2 Å². The minimum absolute atomic E-state index is 0.317. The van der Waals surface area contributed by atoms with Crippen molar-refractivity contribution in [2.45, 2.75) is 38.9 Å². The zero-order chi connectivity index (χ0) is 12.4. The van der Waals surface area contributed by atoms with E-state index in [1.807, 2.05) is 13.8 Å². The number of nitrogens with zero attached hydrogens (tertiary/aromatic N) is 1. The van der Waals surface area contributed by atoms with Crippen molar-refractivity contribution >= 4 is 0 Å². The van der Waals surface area contributed by atoms with Crippen molar-refractivity contribution in [2.24, 2.45) is 17.8 Å². The fourth-order valence-corrected chi connectivity index (χ4v) is 3.41. The summed E-state index contributed by atoms with van der Waals surface area (Å²) in [5, 5.41) is 19.0. The maximum absolute atomic E-state index is 9.50. The number of hydrogen-bond donors (Lipinski definition) is 2. The summed E-state index contributed by atoms with van der Waals surface area (Å²) in [5.74, 6) is 2.26. The summed E-state index contributed by atoms with van der Waals surface area (Å²) in [6, 6.07) is 0. The van der Waals surface area contributed by atoms with Crippen molar-refractivity contribution in [3.63, 3.8) is 0 Å². The lowest BCUT2D eigenvalue weighted by atomic mass is 9.93. The molecule has 3 nitrogen and oxygen atoms in total. The standard InChI is InChI=1S/C14H25NO2/c1-10(16)7-15(8-11(2)17)9-14-6-12-3-4-13(14)5-12/h3-4,10-14,16-17H,5-9H2,1-2H3/t10-,11+,12-,13+,14-/m1/s1. The predicted octanol–water partition coefficient (Wildman–Crippen LogP) is 1.26. The summed E-state index contributed by atoms with van der Waals surface area (Å²) < 4.78 is 0. The van der Waals surface area contributed by atoms with Gasteiger partial charge in [-0.15, -0.1) is 0 Å². The highest BCUT2D eigenvalue weighted by Crippen LogP contribution is 2.43. The van der Waals surface area contributed by atoms with E-state index in [9.17, 15) is 10.2 Å². The first-order valence-corrected chi connectivity index (χ1v) is 6.81. The van der Waals surface area contributed by atoms with E-state index < -0.39 is 0 Å². The molecule has 1 fully saturated rings. The average molecular weight is 239 g/mol. The Morgan fingerprint density at radius 3 is 2.18 bits per heavy atom. The molecular weight excluding hydrogens is 214 g/mol. The van der Waals surface area contributed by atoms with Crippen molar-refractivity contribution < 1.29 is 10.2 Å². The van der Waals surface area contributed by atoms with Crippen LogP contribution in [-0.4, -0.2) is 47.0 Å². The number of rotatable bonds is 6. The molecule has 0 saturated heterocycles. The molecule has 0 radical (unpaired) electrons. The minimum Gasteiger partial charge on any atom is -0.392 e. The summed E-state index contributed by atoms with van der Waals surface area (Å²) in [7, 11) is 0. The Morgan fingerprint density at radius 1 is 1.12 bits per heavy atom. The van der Waals surface area contributed by atoms with Crippen molar-refractivity contribution in [3.8, 4) is 0 Å². The molecule has 2 rings (SSSR count). The summed E-state index contributed by atoms with van der Waals surface area (Å²) in [4.78, 5) is 2.22. The van der Waals surface area contributed by atoms with Gasteiger partial charge in [-0.2, -0.15) is 0 Å². The van der Waals surface area contributed by atoms with Crippen molar-refractivity contribution in [2.75, 3.05) is 19.6 Å². The minimum atomic E-state index is -0.317. The molecule has 5 atom stereocenters. The predicted molar refractivity (Wildman–Crippen MR) is 68.6 cm³/mol. The number of aliphatic hydroxyl groups is 2. The first-order chi connectivity index (χ1) is 8.04. The van der Waals surface area contributed by atoms with Crippen LogP contribution in [0.2, 0.25) is 0 Å². The van der Waals surface area contributed by atoms with Gasteiger partial charge < -0.3 is 10.2 Å². The number of aliphatic hydroxyl groups excluding tert-OH is 2. The third-order valence-electron chi connectivity index (χ3n) is 3.95.